The molecule has 1 aliphatic rings. The fourth-order valence-electron chi connectivity index (χ4n) is 2.97. The van der Waals surface area contributed by atoms with Gasteiger partial charge in [-0.15, -0.1) is 0 Å². The Balaban J connectivity index is 2.35. The van der Waals surface area contributed by atoms with Crippen LogP contribution in [0, 0.1) is 23.1 Å². The van der Waals surface area contributed by atoms with E-state index >= 15 is 0 Å². The maximum absolute atomic E-state index is 14.7. The van der Waals surface area contributed by atoms with E-state index in [0.29, 0.717) is 30.3 Å². The lowest BCUT2D eigenvalue weighted by molar-refractivity contribution is -0.104. The SMILES string of the molecule is COCOC[C@@H]1CSC(=N/C(=C(/C#N)C=O)c2cnc(C(C)(C)C)c(F)c2)N(C)C1. The minimum absolute atomic E-state index is 0.114. The highest BCUT2D eigenvalue weighted by Gasteiger charge is 2.25. The number of hydrogen-bond acceptors (Lipinski definition) is 7. The van der Waals surface area contributed by atoms with E-state index in [-0.39, 0.29) is 29.5 Å². The minimum Gasteiger partial charge on any atom is -0.359 e. The normalized spacial score (nSPS) is 19.4. The lowest BCUT2D eigenvalue weighted by Crippen LogP contribution is -2.38. The van der Waals surface area contributed by atoms with Crippen molar-refractivity contribution in [1.82, 2.24) is 9.88 Å². The van der Waals surface area contributed by atoms with Crippen molar-refractivity contribution in [3.05, 3.63) is 34.9 Å². The van der Waals surface area contributed by atoms with E-state index in [1.807, 2.05) is 38.8 Å². The number of nitriles is 1. The van der Waals surface area contributed by atoms with E-state index in [1.165, 1.54) is 24.0 Å². The Kier molecular flexibility index (Phi) is 8.53. The molecule has 2 rings (SSSR count). The summed E-state index contributed by atoms with van der Waals surface area (Å²) >= 11 is 1.49. The van der Waals surface area contributed by atoms with E-state index < -0.39 is 11.2 Å². The van der Waals surface area contributed by atoms with Crippen molar-refractivity contribution in [2.24, 2.45) is 10.9 Å². The maximum Gasteiger partial charge on any atom is 0.164 e. The molecule has 1 aromatic rings. The summed E-state index contributed by atoms with van der Waals surface area (Å²) in [5.74, 6) is 0.549. The van der Waals surface area contributed by atoms with Crippen LogP contribution >= 0.6 is 11.8 Å². The van der Waals surface area contributed by atoms with Crippen molar-refractivity contribution in [2.75, 3.05) is 39.9 Å². The van der Waals surface area contributed by atoms with Gasteiger partial charge < -0.3 is 14.4 Å². The molecule has 0 aromatic carbocycles. The Labute approximate surface area is 181 Å². The molecule has 0 unspecified atom stereocenters. The number of rotatable bonds is 7. The molecule has 0 spiro atoms. The first-order chi connectivity index (χ1) is 14.2. The number of carbonyl (C=O) groups excluding carboxylic acids is 1. The molecule has 1 saturated heterocycles. The average molecular weight is 435 g/mol. The molecule has 7 nitrogen and oxygen atoms in total. The zero-order chi connectivity index (χ0) is 22.3. The van der Waals surface area contributed by atoms with Crippen LogP contribution in [-0.2, 0) is 19.7 Å². The molecule has 2 heterocycles. The number of ether oxygens (including phenoxy) is 2. The molecule has 30 heavy (non-hydrogen) atoms. The lowest BCUT2D eigenvalue weighted by atomic mass is 9.91. The Bertz CT molecular complexity index is 874. The van der Waals surface area contributed by atoms with Gasteiger partial charge in [0, 0.05) is 49.5 Å². The third kappa shape index (κ3) is 6.11. The van der Waals surface area contributed by atoms with E-state index in [4.69, 9.17) is 9.47 Å². The maximum atomic E-state index is 14.7. The Morgan fingerprint density at radius 3 is 2.80 bits per heavy atom. The number of hydrogen-bond donors (Lipinski definition) is 0. The highest BCUT2D eigenvalue weighted by atomic mass is 32.2. The van der Waals surface area contributed by atoms with Gasteiger partial charge in [-0.3, -0.25) is 9.78 Å². The van der Waals surface area contributed by atoms with Crippen molar-refractivity contribution in [3.8, 4) is 6.07 Å². The molecule has 1 fully saturated rings. The number of methoxy groups -OCH3 is 1. The number of nitrogens with zero attached hydrogens (tertiary/aromatic N) is 4. The first-order valence-electron chi connectivity index (χ1n) is 9.46. The molecule has 0 saturated carbocycles. The van der Waals surface area contributed by atoms with Crippen LogP contribution in [-0.4, -0.2) is 61.2 Å². The van der Waals surface area contributed by atoms with Crippen LogP contribution in [0.1, 0.15) is 32.0 Å². The van der Waals surface area contributed by atoms with E-state index in [2.05, 4.69) is 9.98 Å². The van der Waals surface area contributed by atoms with Gasteiger partial charge in [0.2, 0.25) is 0 Å². The van der Waals surface area contributed by atoms with Crippen molar-refractivity contribution < 1.29 is 18.7 Å². The second-order valence-corrected chi connectivity index (χ2v) is 9.01. The van der Waals surface area contributed by atoms with Crippen molar-refractivity contribution in [3.63, 3.8) is 0 Å². The summed E-state index contributed by atoms with van der Waals surface area (Å²) < 4.78 is 25.0. The smallest absolute Gasteiger partial charge is 0.164 e. The summed E-state index contributed by atoms with van der Waals surface area (Å²) in [5, 5.41) is 10.0. The third-order valence-electron chi connectivity index (χ3n) is 4.39. The van der Waals surface area contributed by atoms with Gasteiger partial charge in [0.05, 0.1) is 18.0 Å². The van der Waals surface area contributed by atoms with Crippen LogP contribution in [0.25, 0.3) is 5.70 Å². The first kappa shape index (κ1) is 24.0. The molecule has 1 aliphatic heterocycles. The number of aliphatic imine (C=N–C) groups is 1. The second-order valence-electron chi connectivity index (χ2n) is 8.03. The van der Waals surface area contributed by atoms with E-state index in [1.54, 1.807) is 7.11 Å². The predicted molar refractivity (Wildman–Crippen MR) is 115 cm³/mol. The fourth-order valence-corrected chi connectivity index (χ4v) is 4.00. The van der Waals surface area contributed by atoms with Gasteiger partial charge in [-0.25, -0.2) is 9.38 Å². The number of halogens is 1. The molecule has 162 valence electrons. The molecule has 1 aromatic heterocycles. The van der Waals surface area contributed by atoms with Crippen molar-refractivity contribution in [1.29, 1.82) is 5.26 Å². The molecular weight excluding hydrogens is 407 g/mol. The highest BCUT2D eigenvalue weighted by molar-refractivity contribution is 8.13. The second kappa shape index (κ2) is 10.7. The summed E-state index contributed by atoms with van der Waals surface area (Å²) in [6, 6.07) is 3.14. The molecule has 0 N–H and O–H groups in total. The fraction of sp³-hybridized carbons (Fsp3) is 0.524. The van der Waals surface area contributed by atoms with Gasteiger partial charge in [0.15, 0.2) is 11.5 Å². The van der Waals surface area contributed by atoms with E-state index in [9.17, 15) is 14.4 Å². The summed E-state index contributed by atoms with van der Waals surface area (Å²) in [7, 11) is 3.45. The number of aromatic nitrogens is 1. The first-order valence-corrected chi connectivity index (χ1v) is 10.4. The third-order valence-corrected chi connectivity index (χ3v) is 5.69. The topological polar surface area (TPSA) is 87.8 Å². The van der Waals surface area contributed by atoms with Gasteiger partial charge in [0.1, 0.15) is 24.3 Å². The highest BCUT2D eigenvalue weighted by Crippen LogP contribution is 2.29. The summed E-state index contributed by atoms with van der Waals surface area (Å²) in [6.07, 6.45) is 1.89. The Morgan fingerprint density at radius 1 is 1.53 bits per heavy atom. The lowest BCUT2D eigenvalue weighted by Gasteiger charge is -2.31. The minimum atomic E-state index is -0.499. The number of carbonyl (C=O) groups is 1. The molecule has 0 radical (unpaired) electrons. The zero-order valence-corrected chi connectivity index (χ0v) is 18.8. The number of amidine groups is 1. The van der Waals surface area contributed by atoms with Crippen LogP contribution < -0.4 is 0 Å². The largest absolute Gasteiger partial charge is 0.359 e. The number of thioether (sulfide) groups is 1. The number of allylic oxidation sites excluding steroid dienone is 1. The van der Waals surface area contributed by atoms with Crippen molar-refractivity contribution >= 4 is 28.9 Å². The van der Waals surface area contributed by atoms with Crippen LogP contribution in [0.5, 0.6) is 0 Å². The molecular formula is C21H27FN4O3S. The van der Waals surface area contributed by atoms with Crippen LogP contribution in [0.15, 0.2) is 22.8 Å². The van der Waals surface area contributed by atoms with Crippen LogP contribution in [0.3, 0.4) is 0 Å². The molecule has 1 atom stereocenters. The summed E-state index contributed by atoms with van der Waals surface area (Å²) in [4.78, 5) is 22.2. The summed E-state index contributed by atoms with van der Waals surface area (Å²) in [6.45, 7) is 7.08. The van der Waals surface area contributed by atoms with Gasteiger partial charge in [0.25, 0.3) is 0 Å². The van der Waals surface area contributed by atoms with Gasteiger partial charge in [-0.2, -0.15) is 5.26 Å². The molecule has 0 amide bonds. The number of pyridine rings is 1. The van der Waals surface area contributed by atoms with Crippen LogP contribution in [0.4, 0.5) is 4.39 Å². The van der Waals surface area contributed by atoms with E-state index in [0.717, 1.165) is 5.75 Å². The van der Waals surface area contributed by atoms with Crippen LogP contribution in [0.2, 0.25) is 0 Å². The average Bonchev–Trinajstić information content (AvgIpc) is 2.68. The monoisotopic (exact) mass is 434 g/mol. The Morgan fingerprint density at radius 2 is 2.27 bits per heavy atom. The number of aldehydes is 1. The predicted octanol–water partition coefficient (Wildman–Crippen LogP) is 3.22. The zero-order valence-electron chi connectivity index (χ0n) is 17.9. The molecule has 0 bridgehead atoms. The van der Waals surface area contributed by atoms with Crippen molar-refractivity contribution in [2.45, 2.75) is 26.2 Å². The summed E-state index contributed by atoms with van der Waals surface area (Å²) in [5.41, 5.74) is 0.0668. The Hall–Kier alpha value is -2.28. The standard InChI is InChI=1S/C21H27FN4O3S/c1-21(2,3)19-17(22)6-15(8-24-19)18(16(7-23)10-27)25-20-26(4)9-14(12-30-20)11-29-13-28-5/h6,8,10,14H,9,11-13H2,1-5H3/b18-16-,25-20?/t14-/m1/s1. The molecule has 9 heteroatoms. The van der Waals surface area contributed by atoms with Gasteiger partial charge >= 0.3 is 0 Å². The van der Waals surface area contributed by atoms with Gasteiger partial charge in [-0.05, 0) is 6.07 Å². The van der Waals surface area contributed by atoms with Gasteiger partial charge in [-0.1, -0.05) is 32.5 Å². The molecule has 0 aliphatic carbocycles. The quantitative estimate of drug-likeness (QED) is 0.214.